The monoisotopic (exact) mass is 2050 g/mol. The molecule has 11 aliphatic rings. The zero-order valence-corrected chi connectivity index (χ0v) is 75.5. The summed E-state index contributed by atoms with van der Waals surface area (Å²) in [7, 11) is 0. The number of amides is 6. The van der Waals surface area contributed by atoms with Gasteiger partial charge in [-0.15, -0.1) is 0 Å². The number of ether oxygens (including phenoxy) is 21. The van der Waals surface area contributed by atoms with Crippen LogP contribution in [0, 0.1) is 0 Å². The van der Waals surface area contributed by atoms with E-state index in [-0.39, 0.29) is 0 Å². The van der Waals surface area contributed by atoms with E-state index in [1.54, 1.807) is 0 Å². The number of hydrogen-bond acceptors (Lipinski definition) is 56. The van der Waals surface area contributed by atoms with Gasteiger partial charge in [-0.1, -0.05) is 0 Å². The Balaban J connectivity index is 1.01. The minimum Gasteiger partial charge on any atom is -0.394 e. The zero-order chi connectivity index (χ0) is 103. The quantitative estimate of drug-likeness (QED) is 0.0275. The van der Waals surface area contributed by atoms with Gasteiger partial charge < -0.3 is 279 Å². The molecule has 35 N–H and O–H groups in total. The molecule has 0 bridgehead atoms. The smallest absolute Gasteiger partial charge is 0.217 e. The summed E-state index contributed by atoms with van der Waals surface area (Å²) >= 11 is 0. The lowest BCUT2D eigenvalue weighted by atomic mass is 9.93. The van der Waals surface area contributed by atoms with Gasteiger partial charge in [-0.05, 0) is 0 Å². The maximum Gasteiger partial charge on any atom is 0.217 e. The third-order valence-corrected chi connectivity index (χ3v) is 25.4. The Morgan fingerprint density at radius 2 is 0.407 bits per heavy atom. The van der Waals surface area contributed by atoms with Crippen molar-refractivity contribution >= 4 is 35.4 Å². The zero-order valence-electron chi connectivity index (χ0n) is 75.5. The third kappa shape index (κ3) is 25.8. The van der Waals surface area contributed by atoms with Crippen LogP contribution in [0.25, 0.3) is 0 Å². The number of rotatable bonds is 37. The Bertz CT molecular complexity index is 3920. The fourth-order valence-corrected chi connectivity index (χ4v) is 18.1. The van der Waals surface area contributed by atoms with Crippen LogP contribution in [0.15, 0.2) is 0 Å². The number of aliphatic hydroxyl groups is 29. The van der Waals surface area contributed by atoms with E-state index in [1.165, 1.54) is 0 Å². The number of carbonyl (C=O) groups is 6. The van der Waals surface area contributed by atoms with Gasteiger partial charge >= 0.3 is 0 Å². The fraction of sp³-hybridized carbons (Fsp3) is 0.923. The van der Waals surface area contributed by atoms with E-state index in [0.29, 0.717) is 0 Å². The predicted octanol–water partition coefficient (Wildman–Crippen LogP) is -24.1. The molecule has 11 saturated heterocycles. The van der Waals surface area contributed by atoms with Gasteiger partial charge in [-0.2, -0.15) is 0 Å². The minimum absolute atomic E-state index is 0.838. The first-order valence-corrected chi connectivity index (χ1v) is 44.6. The predicted molar refractivity (Wildman–Crippen MR) is 432 cm³/mol. The van der Waals surface area contributed by atoms with Crippen LogP contribution in [0.2, 0.25) is 0 Å². The molecule has 11 aliphatic heterocycles. The molecule has 0 aromatic carbocycles. The topological polar surface area (TPSA) is 955 Å². The van der Waals surface area contributed by atoms with Crippen molar-refractivity contribution in [1.29, 1.82) is 0 Å². The maximum atomic E-state index is 13.4. The van der Waals surface area contributed by atoms with Crippen LogP contribution < -0.4 is 31.9 Å². The third-order valence-electron chi connectivity index (χ3n) is 25.4. The summed E-state index contributed by atoms with van der Waals surface area (Å²) in [6.45, 7) is -7.31. The lowest BCUT2D eigenvalue weighted by Gasteiger charge is -2.52. The van der Waals surface area contributed by atoms with Crippen LogP contribution in [-0.2, 0) is 128 Å². The highest BCUT2D eigenvalue weighted by molar-refractivity contribution is 5.75. The summed E-state index contributed by atoms with van der Waals surface area (Å²) in [5.41, 5.74) is 0. The molecule has 11 fully saturated rings. The van der Waals surface area contributed by atoms with E-state index in [0.717, 1.165) is 41.5 Å². The Kier molecular flexibility index (Phi) is 41.7. The average molecular weight is 2050 g/mol. The average Bonchev–Trinajstić information content (AvgIpc) is 0.757. The van der Waals surface area contributed by atoms with Crippen molar-refractivity contribution in [2.75, 3.05) is 72.7 Å². The molecule has 62 nitrogen and oxygen atoms in total. The highest BCUT2D eigenvalue weighted by Gasteiger charge is 2.63. The van der Waals surface area contributed by atoms with Crippen LogP contribution in [0.5, 0.6) is 0 Å². The number of hydrogen-bond donors (Lipinski definition) is 35. The van der Waals surface area contributed by atoms with Gasteiger partial charge in [-0.3, -0.25) is 28.8 Å². The van der Waals surface area contributed by atoms with Crippen molar-refractivity contribution in [2.45, 2.75) is 379 Å². The van der Waals surface area contributed by atoms with Crippen LogP contribution in [0.4, 0.5) is 0 Å². The summed E-state index contributed by atoms with van der Waals surface area (Å²) in [5.74, 6) is -5.74. The Labute approximate surface area is 792 Å². The van der Waals surface area contributed by atoms with E-state index >= 15 is 0 Å². The Morgan fingerprint density at radius 1 is 0.186 bits per heavy atom. The van der Waals surface area contributed by atoms with E-state index < -0.39 is 446 Å². The van der Waals surface area contributed by atoms with E-state index in [4.69, 9.17) is 99.5 Å². The van der Waals surface area contributed by atoms with Gasteiger partial charge in [0.15, 0.2) is 69.2 Å². The summed E-state index contributed by atoms with van der Waals surface area (Å²) in [4.78, 5) is 77.7. The van der Waals surface area contributed by atoms with Crippen molar-refractivity contribution in [1.82, 2.24) is 31.9 Å². The molecule has 0 radical (unpaired) electrons. The largest absolute Gasteiger partial charge is 0.394 e. The van der Waals surface area contributed by atoms with Gasteiger partial charge in [0, 0.05) is 41.5 Å². The number of nitrogens with one attached hydrogen (secondary N) is 6. The highest BCUT2D eigenvalue weighted by Crippen LogP contribution is 2.42. The van der Waals surface area contributed by atoms with Crippen LogP contribution >= 0.6 is 0 Å². The molecule has 0 aliphatic carbocycles. The van der Waals surface area contributed by atoms with Gasteiger partial charge in [0.2, 0.25) is 35.4 Å². The molecular weight excluding hydrogens is 1920 g/mol. The molecule has 62 heteroatoms. The van der Waals surface area contributed by atoms with Crippen LogP contribution in [-0.4, -0.2) is 594 Å². The van der Waals surface area contributed by atoms with Crippen molar-refractivity contribution < 1.29 is 276 Å². The normalized spacial score (nSPS) is 48.1. The molecule has 0 aromatic rings. The van der Waals surface area contributed by atoms with E-state index in [1.807, 2.05) is 0 Å². The van der Waals surface area contributed by atoms with Gasteiger partial charge in [-0.25, -0.2) is 0 Å². The molecule has 0 spiro atoms. The van der Waals surface area contributed by atoms with Gasteiger partial charge in [0.25, 0.3) is 0 Å². The second-order valence-corrected chi connectivity index (χ2v) is 35.3. The molecule has 808 valence electrons. The lowest BCUT2D eigenvalue weighted by molar-refractivity contribution is -0.405. The van der Waals surface area contributed by atoms with Crippen LogP contribution in [0.3, 0.4) is 0 Å². The number of aliphatic hydroxyl groups excluding tert-OH is 29. The first kappa shape index (κ1) is 115. The minimum atomic E-state index is -2.78. The summed E-state index contributed by atoms with van der Waals surface area (Å²) in [6, 6.07) is -11.6. The molecule has 0 aromatic heterocycles. The molecule has 0 unspecified atom stereocenters. The first-order valence-electron chi connectivity index (χ1n) is 44.6. The molecule has 11 heterocycles. The van der Waals surface area contributed by atoms with Crippen molar-refractivity contribution in [2.24, 2.45) is 0 Å². The summed E-state index contributed by atoms with van der Waals surface area (Å²) < 4.78 is 127. The molecule has 55 atom stereocenters. The second kappa shape index (κ2) is 50.7. The lowest BCUT2D eigenvalue weighted by Crippen LogP contribution is -2.71. The fourth-order valence-electron chi connectivity index (χ4n) is 18.1. The molecule has 6 amide bonds. The van der Waals surface area contributed by atoms with Crippen molar-refractivity contribution in [3.05, 3.63) is 0 Å². The van der Waals surface area contributed by atoms with E-state index in [9.17, 15) is 177 Å². The highest BCUT2D eigenvalue weighted by atomic mass is 16.8. The standard InChI is InChI=1S/C78H130N6O56/c1-18(94)79-35-49(108)60(28(11-89)122-68(35)119)133-71-38(82-21(4)97)50(109)63(31(14-92)127-71)137-76-59(118)65(138-78-67(58(117)64(32(15-93)130-78)134-70-37(81-20(3)96)48(107)42(101)25(8-86)124-70)140-73-40(84-23(6)99)52(111)62(30(13-91)129-73)136-75-57(116)54(113)44(103)27(10-88)126-75)46(105)34(131-76)17-121-77-66(55(114)45(104)33(132-77)16-120-69-36(80-19(2)95)47(106)41(100)24(7-85)123-69)139-72-39(83-22(5)98)51(110)61(29(12-90)128-72)135-74-56(115)53(112)43(102)26(9-87)125-74/h24-78,85-93,100-119H,7-17H2,1-6H3,(H,79,94)(H,80,95)(H,81,96)(H,82,97)(H,83,98)(H,84,99)/t24-,25-,26-,27-,28-,29-,30-,31-,32-,33-,34-,35-,36-,37-,38-,39-,40-,41-,42-,43+,44+,45-,46-,47-,48-,49-,50-,51-,52-,53+,54+,55+,56-,57-,58+,59+,60-,61-,62-,63-,64-,65+,66+,67+,68+,69-,70+,71+,72+,73+,74+,75+,76+,77+,78-/m1/s1. The maximum absolute atomic E-state index is 13.4. The molecule has 0 saturated carbocycles. The summed E-state index contributed by atoms with van der Waals surface area (Å²) in [5, 5.41) is 343. The van der Waals surface area contributed by atoms with Crippen molar-refractivity contribution in [3.8, 4) is 0 Å². The summed E-state index contributed by atoms with van der Waals surface area (Å²) in [6.07, 6.45) is -107. The van der Waals surface area contributed by atoms with Gasteiger partial charge in [0.05, 0.1) is 72.7 Å². The molecule has 140 heavy (non-hydrogen) atoms. The Hall–Kier alpha value is -5.18. The number of carbonyl (C=O) groups excluding carboxylic acids is 6. The first-order chi connectivity index (χ1) is 66.2. The molecule has 11 rings (SSSR count). The van der Waals surface area contributed by atoms with E-state index in [2.05, 4.69) is 31.9 Å². The van der Waals surface area contributed by atoms with Crippen LogP contribution in [0.1, 0.15) is 41.5 Å². The SMILES string of the molecule is CC(=O)N[C@@H]1[C@@H](O)[C@H](O[C@@H]2O[C@H](CO)[C@@H](O[C@@H]3O[C@H](CO[C@H]4O[C@H](CO[C@@H]5O[C@H](CO)[C@@H](O)[C@H](O)[C@H]5NC(C)=O)[C@@H](O)[C@H](O)[C@@H]4O[C@@H]4O[C@H](CO)[C@@H](O[C@@H]5O[C@H](CO)[C@H](O)[C@H](O)[C@H]5O)[C@H](O)[C@H]4NC(C)=O)[C@@H](O)[C@H](O[C@H]4O[C@H](CO)[C@@H](O[C@@H]5O[C@H](CO)[C@@H](O)[C@H](O)[C@H]5NC(C)=O)[C@H](O)[C@@H]4O[C@@H]4O[C@H](CO)[C@@H](O[C@@H]5O[C@H](CO)[C@H](O)[C@H](O)[C@H]5O)[C@H](O)[C@H]4NC(C)=O)[C@@H]3O)[C@H](O)[C@H]2NC(C)=O)[C@@H](CO)O[C@@H]1O. The molecular formula is C78H130N6O56. The Morgan fingerprint density at radius 3 is 0.764 bits per heavy atom. The second-order valence-electron chi connectivity index (χ2n) is 35.3. The van der Waals surface area contributed by atoms with Gasteiger partial charge in [0.1, 0.15) is 268 Å². The van der Waals surface area contributed by atoms with Crippen molar-refractivity contribution in [3.63, 3.8) is 0 Å².